The maximum Gasteiger partial charge on any atom is 0.162 e. The first kappa shape index (κ1) is 50.5. The molecule has 10 rings (SSSR count). The topological polar surface area (TPSA) is 81.2 Å². The van der Waals surface area contributed by atoms with Crippen LogP contribution in [0.3, 0.4) is 0 Å². The van der Waals surface area contributed by atoms with Gasteiger partial charge in [0, 0.05) is 72.1 Å². The summed E-state index contributed by atoms with van der Waals surface area (Å²) >= 11 is 0. The third kappa shape index (κ3) is 14.3. The molecule has 0 aliphatic rings. The van der Waals surface area contributed by atoms with Gasteiger partial charge in [-0.3, -0.25) is 14.2 Å². The number of aliphatic hydroxyl groups is 1. The zero-order valence-corrected chi connectivity index (χ0v) is 51.3. The van der Waals surface area contributed by atoms with Gasteiger partial charge in [-0.05, 0) is 137 Å². The molecule has 427 valence electrons. The monoisotopic (exact) mass is 1280 g/mol. The number of rotatable bonds is 15. The summed E-state index contributed by atoms with van der Waals surface area (Å²) < 4.78 is 98.5. The molecule has 10 aromatic rings. The molecule has 0 spiro atoms. The number of ketones is 1. The number of hydrogen-bond acceptors (Lipinski definition) is 5. The number of halogens is 1. The maximum absolute atomic E-state index is 13.5. The Balaban J connectivity index is 0.000000225. The summed E-state index contributed by atoms with van der Waals surface area (Å²) in [4.78, 5) is 21.1. The molecule has 0 amide bonds. The average Bonchev–Trinajstić information content (AvgIpc) is 1.74. The third-order valence-corrected chi connectivity index (χ3v) is 14.7. The number of pyridine rings is 1. The number of hydrogen-bond donors (Lipinski definition) is 1. The number of furan rings is 1. The van der Waals surface area contributed by atoms with Gasteiger partial charge in [-0.1, -0.05) is 184 Å². The zero-order chi connectivity index (χ0) is 65.8. The average molecular weight is 1280 g/mol. The van der Waals surface area contributed by atoms with Gasteiger partial charge >= 0.3 is 0 Å². The van der Waals surface area contributed by atoms with Crippen molar-refractivity contribution in [3.63, 3.8) is 0 Å². The Morgan fingerprint density at radius 2 is 1.45 bits per heavy atom. The smallest absolute Gasteiger partial charge is 0.162 e. The van der Waals surface area contributed by atoms with Gasteiger partial charge in [0.1, 0.15) is 5.58 Å². The molecule has 82 heavy (non-hydrogen) atoms. The van der Waals surface area contributed by atoms with E-state index in [9.17, 15) is 14.3 Å². The van der Waals surface area contributed by atoms with Crippen LogP contribution >= 0.6 is 0 Å². The molecule has 0 atom stereocenters. The standard InChI is InChI=1S/C36H32NO.C25H24FN2.C13H24O2.Ir/c1-23-18-25(21-36(3,4)5)14-16-28(23)32-20-33(37-22-24(32)2)31-13-9-12-30-29-17-15-27(19-34(29)38-35(30)31)26-10-7-6-8-11-26;1-16(2)20-8-7-9-21(17(3)4)24(20)28-23-11-6-5-10-22(23)27-25(28)18-12-14-19(26)15-13-18;1-5-10(6-2)12(14)9-13(15)11(7-3)8-4;/h6-12,14-20,22H,21H2,1-5H3;5-12,14-17H,1-4H3;9-11,14H,5-8H2,1-4H3;/q2*-1;;/b;;12-9-;/i1D3,2D3,16D,21D2;;;. The van der Waals surface area contributed by atoms with Crippen LogP contribution < -0.4 is 0 Å². The predicted octanol–water partition coefficient (Wildman–Crippen LogP) is 20.7. The summed E-state index contributed by atoms with van der Waals surface area (Å²) in [5.74, 6) is 1.76. The summed E-state index contributed by atoms with van der Waals surface area (Å²) in [6.45, 7) is 16.5. The number of carbonyl (C=O) groups is 1. The molecule has 1 N–H and O–H groups in total. The van der Waals surface area contributed by atoms with Crippen molar-refractivity contribution in [2.45, 2.75) is 134 Å². The van der Waals surface area contributed by atoms with Crippen molar-refractivity contribution in [1.29, 1.82) is 0 Å². The number of carbonyl (C=O) groups excluding carboxylic acids is 1. The van der Waals surface area contributed by atoms with E-state index in [2.05, 4.69) is 73.6 Å². The van der Waals surface area contributed by atoms with E-state index in [1.165, 1.54) is 59.4 Å². The Bertz CT molecular complexity index is 4170. The molecule has 3 heterocycles. The van der Waals surface area contributed by atoms with E-state index in [0.29, 0.717) is 28.6 Å². The van der Waals surface area contributed by atoms with Crippen LogP contribution in [-0.2, 0) is 31.3 Å². The zero-order valence-electron chi connectivity index (χ0n) is 57.9. The van der Waals surface area contributed by atoms with Gasteiger partial charge in [0.05, 0.1) is 29.6 Å². The molecule has 7 aromatic carbocycles. The summed E-state index contributed by atoms with van der Waals surface area (Å²) in [5, 5.41) is 11.4. The van der Waals surface area contributed by atoms with E-state index in [-0.39, 0.29) is 88.9 Å². The van der Waals surface area contributed by atoms with E-state index < -0.39 is 25.5 Å². The van der Waals surface area contributed by atoms with E-state index in [4.69, 9.17) is 21.7 Å². The molecular formula is C74H80FIrN3O3-2. The molecule has 0 saturated heterocycles. The maximum atomic E-state index is 13.5. The second kappa shape index (κ2) is 27.7. The molecule has 0 unspecified atom stereocenters. The van der Waals surface area contributed by atoms with Crippen LogP contribution in [0.15, 0.2) is 168 Å². The first-order chi connectivity index (χ1) is 42.4. The molecule has 0 aliphatic carbocycles. The van der Waals surface area contributed by atoms with Crippen LogP contribution in [0.1, 0.15) is 154 Å². The molecule has 6 nitrogen and oxygen atoms in total. The number of imidazole rings is 1. The Labute approximate surface area is 513 Å². The second-order valence-electron chi connectivity index (χ2n) is 22.2. The fourth-order valence-corrected chi connectivity index (χ4v) is 10.3. The van der Waals surface area contributed by atoms with Gasteiger partial charge in [0.25, 0.3) is 0 Å². The van der Waals surface area contributed by atoms with Crippen molar-refractivity contribution in [2.24, 2.45) is 17.3 Å². The minimum atomic E-state index is -2.79. The molecule has 8 heteroatoms. The summed E-state index contributed by atoms with van der Waals surface area (Å²) in [6, 6.07) is 48.6. The quantitative estimate of drug-likeness (QED) is 0.0628. The largest absolute Gasteiger partial charge is 0.512 e. The molecule has 1 radical (unpaired) electrons. The predicted molar refractivity (Wildman–Crippen MR) is 337 cm³/mol. The van der Waals surface area contributed by atoms with E-state index in [0.717, 1.165) is 70.0 Å². The number of aryl methyl sites for hydroxylation is 2. The summed E-state index contributed by atoms with van der Waals surface area (Å²) in [5.41, 5.74) is 8.80. The van der Waals surface area contributed by atoms with Gasteiger partial charge in [0.15, 0.2) is 5.78 Å². The van der Waals surface area contributed by atoms with Gasteiger partial charge < -0.3 is 19.1 Å². The van der Waals surface area contributed by atoms with E-state index in [1.807, 2.05) is 100 Å². The number of fused-ring (bicyclic) bond motifs is 4. The van der Waals surface area contributed by atoms with Crippen molar-refractivity contribution >= 4 is 38.8 Å². The fraction of sp³-hybridized carbons (Fsp3) is 0.311. The van der Waals surface area contributed by atoms with Crippen molar-refractivity contribution in [1.82, 2.24) is 14.5 Å². The number of para-hydroxylation sites is 3. The van der Waals surface area contributed by atoms with Crippen LogP contribution in [-0.4, -0.2) is 25.4 Å². The molecular weight excluding hydrogens is 1190 g/mol. The summed E-state index contributed by atoms with van der Waals surface area (Å²) in [7, 11) is 0. The Kier molecular flexibility index (Phi) is 17.0. The van der Waals surface area contributed by atoms with Crippen molar-refractivity contribution in [2.75, 3.05) is 0 Å². The Morgan fingerprint density at radius 1 is 0.768 bits per heavy atom. The van der Waals surface area contributed by atoms with Crippen LogP contribution in [0.4, 0.5) is 4.39 Å². The molecule has 0 bridgehead atoms. The number of aromatic nitrogens is 3. The fourth-order valence-electron chi connectivity index (χ4n) is 10.3. The first-order valence-corrected chi connectivity index (χ1v) is 28.3. The van der Waals surface area contributed by atoms with Gasteiger partial charge in [-0.2, -0.15) is 0 Å². The Hall–Kier alpha value is -7.25. The number of allylic oxidation sites excluding steroid dienone is 2. The SMILES string of the molecule is CC(C)c1cccc(C(C)C)c1-n1c(-c2[c-]cc(F)cc2)nc2ccccc21.CCC(CC)C(=O)/C=C(\O)C(CC)CC.[2H]c1cc(C([2H])([2H])C(C)(C)C)cc(C([2H])([2H])[2H])c1-c1cc(-c2[c-]ccc3c2oc2cc(-c4ccccc4)ccc23)ncc1C([2H])([2H])[2H].[Ir]. The van der Waals surface area contributed by atoms with Crippen molar-refractivity contribution in [3.05, 3.63) is 209 Å². The molecule has 0 saturated carbocycles. The van der Waals surface area contributed by atoms with Crippen LogP contribution in [0, 0.1) is 48.9 Å². The normalized spacial score (nSPS) is 13.9. The number of nitrogens with zero attached hydrogens (tertiary/aromatic N) is 3. The third-order valence-electron chi connectivity index (χ3n) is 14.7. The van der Waals surface area contributed by atoms with Crippen LogP contribution in [0.25, 0.3) is 83.6 Å². The van der Waals surface area contributed by atoms with Gasteiger partial charge in [-0.15, -0.1) is 48.0 Å². The molecule has 0 fully saturated rings. The number of benzene rings is 7. The van der Waals surface area contributed by atoms with Crippen LogP contribution in [0.2, 0.25) is 0 Å². The Morgan fingerprint density at radius 3 is 2.09 bits per heavy atom. The first-order valence-electron chi connectivity index (χ1n) is 32.8. The van der Waals surface area contributed by atoms with Crippen molar-refractivity contribution in [3.8, 4) is 50.6 Å². The minimum Gasteiger partial charge on any atom is -0.512 e. The van der Waals surface area contributed by atoms with Crippen LogP contribution in [0.5, 0.6) is 0 Å². The van der Waals surface area contributed by atoms with E-state index >= 15 is 0 Å². The van der Waals surface area contributed by atoms with Gasteiger partial charge in [-0.25, -0.2) is 0 Å². The molecule has 3 aromatic heterocycles. The van der Waals surface area contributed by atoms with Gasteiger partial charge in [0.2, 0.25) is 0 Å². The summed E-state index contributed by atoms with van der Waals surface area (Å²) in [6.07, 6.45) is 4.11. The second-order valence-corrected chi connectivity index (χ2v) is 22.2. The number of aliphatic hydroxyl groups excluding tert-OH is 1. The van der Waals surface area contributed by atoms with Crippen molar-refractivity contribution < 1.29 is 51.2 Å². The molecule has 0 aliphatic heterocycles. The van der Waals surface area contributed by atoms with E-state index in [1.54, 1.807) is 32.9 Å². The minimum absolute atomic E-state index is 0.